The third-order valence-corrected chi connectivity index (χ3v) is 6.19. The van der Waals surface area contributed by atoms with Gasteiger partial charge in [-0.15, -0.1) is 21.5 Å². The second-order valence-electron chi connectivity index (χ2n) is 6.53. The molecule has 6 heteroatoms. The average Bonchev–Trinajstić information content (AvgIpc) is 3.36. The number of para-hydroxylation sites is 1. The molecule has 4 nitrogen and oxygen atoms in total. The summed E-state index contributed by atoms with van der Waals surface area (Å²) in [4.78, 5) is 4.80. The van der Waals surface area contributed by atoms with Crippen LogP contribution in [0.5, 0.6) is 0 Å². The number of rotatable bonds is 6. The first-order valence-electron chi connectivity index (χ1n) is 8.83. The number of hydrogen-bond acceptors (Lipinski definition) is 5. The highest BCUT2D eigenvalue weighted by Gasteiger charge is 2.10. The number of thiazole rings is 1. The maximum absolute atomic E-state index is 4.80. The molecule has 0 saturated carbocycles. The Balaban J connectivity index is 1.46. The van der Waals surface area contributed by atoms with Crippen molar-refractivity contribution in [2.24, 2.45) is 0 Å². The molecular formula is C21H20N4S2. The van der Waals surface area contributed by atoms with Gasteiger partial charge in [0.2, 0.25) is 0 Å². The predicted octanol–water partition coefficient (Wildman–Crippen LogP) is 5.81. The minimum Gasteiger partial charge on any atom is -0.277 e. The van der Waals surface area contributed by atoms with E-state index in [2.05, 4.69) is 65.8 Å². The van der Waals surface area contributed by atoms with Crippen molar-refractivity contribution >= 4 is 23.1 Å². The Labute approximate surface area is 167 Å². The second-order valence-corrected chi connectivity index (χ2v) is 8.33. The van der Waals surface area contributed by atoms with Crippen LogP contribution in [0.3, 0.4) is 0 Å². The van der Waals surface area contributed by atoms with Gasteiger partial charge in [0.15, 0.2) is 5.16 Å². The summed E-state index contributed by atoms with van der Waals surface area (Å²) in [5.41, 5.74) is 4.66. The first kappa shape index (κ1) is 17.9. The summed E-state index contributed by atoms with van der Waals surface area (Å²) in [6, 6.07) is 18.8. The van der Waals surface area contributed by atoms with Crippen molar-refractivity contribution in [1.29, 1.82) is 0 Å². The van der Waals surface area contributed by atoms with Crippen LogP contribution in [0.1, 0.15) is 31.0 Å². The minimum atomic E-state index is 0.546. The zero-order valence-electron chi connectivity index (χ0n) is 15.2. The maximum Gasteiger partial charge on any atom is 0.195 e. The van der Waals surface area contributed by atoms with Crippen LogP contribution in [0.25, 0.3) is 16.3 Å². The quantitative estimate of drug-likeness (QED) is 0.389. The van der Waals surface area contributed by atoms with Crippen molar-refractivity contribution < 1.29 is 0 Å². The first-order chi connectivity index (χ1) is 13.2. The number of thioether (sulfide) groups is 1. The van der Waals surface area contributed by atoms with E-state index in [0.29, 0.717) is 5.92 Å². The van der Waals surface area contributed by atoms with Gasteiger partial charge in [0, 0.05) is 22.4 Å². The Bertz CT molecular complexity index is 1000. The van der Waals surface area contributed by atoms with Gasteiger partial charge in [-0.3, -0.25) is 4.57 Å². The summed E-state index contributed by atoms with van der Waals surface area (Å²) in [5, 5.41) is 12.4. The Morgan fingerprint density at radius 3 is 2.56 bits per heavy atom. The van der Waals surface area contributed by atoms with E-state index in [1.807, 2.05) is 22.8 Å². The van der Waals surface area contributed by atoms with Gasteiger partial charge in [0.1, 0.15) is 11.3 Å². The molecule has 136 valence electrons. The van der Waals surface area contributed by atoms with E-state index < -0.39 is 0 Å². The van der Waals surface area contributed by atoms with Gasteiger partial charge in [0.05, 0.1) is 5.69 Å². The molecule has 27 heavy (non-hydrogen) atoms. The number of hydrogen-bond donors (Lipinski definition) is 0. The van der Waals surface area contributed by atoms with Gasteiger partial charge in [-0.2, -0.15) is 0 Å². The molecule has 0 radical (unpaired) electrons. The van der Waals surface area contributed by atoms with Crippen LogP contribution in [0, 0.1) is 0 Å². The maximum atomic E-state index is 4.80. The number of nitrogens with zero attached hydrogens (tertiary/aromatic N) is 4. The molecule has 2 aromatic carbocycles. The van der Waals surface area contributed by atoms with Gasteiger partial charge in [0.25, 0.3) is 0 Å². The van der Waals surface area contributed by atoms with Crippen molar-refractivity contribution in [3.05, 3.63) is 77.6 Å². The van der Waals surface area contributed by atoms with Crippen LogP contribution >= 0.6 is 23.1 Å². The summed E-state index contributed by atoms with van der Waals surface area (Å²) >= 11 is 3.34. The van der Waals surface area contributed by atoms with Crippen molar-refractivity contribution in [3.8, 4) is 16.3 Å². The van der Waals surface area contributed by atoms with Gasteiger partial charge in [-0.1, -0.05) is 68.1 Å². The highest BCUT2D eigenvalue weighted by Crippen LogP contribution is 2.29. The van der Waals surface area contributed by atoms with Crippen LogP contribution < -0.4 is 0 Å². The zero-order chi connectivity index (χ0) is 18.6. The van der Waals surface area contributed by atoms with E-state index in [-0.39, 0.29) is 0 Å². The number of benzene rings is 2. The average molecular weight is 393 g/mol. The van der Waals surface area contributed by atoms with Gasteiger partial charge < -0.3 is 0 Å². The lowest BCUT2D eigenvalue weighted by Gasteiger charge is -2.05. The second kappa shape index (κ2) is 8.06. The Morgan fingerprint density at radius 1 is 1.04 bits per heavy atom. The minimum absolute atomic E-state index is 0.546. The smallest absolute Gasteiger partial charge is 0.195 e. The molecule has 0 N–H and O–H groups in total. The van der Waals surface area contributed by atoms with Gasteiger partial charge in [-0.25, -0.2) is 4.98 Å². The fraction of sp³-hybridized carbons (Fsp3) is 0.190. The van der Waals surface area contributed by atoms with Crippen LogP contribution in [-0.2, 0) is 5.75 Å². The molecule has 0 unspecified atom stereocenters. The fourth-order valence-electron chi connectivity index (χ4n) is 2.74. The van der Waals surface area contributed by atoms with Gasteiger partial charge >= 0.3 is 0 Å². The molecule has 4 aromatic rings. The Hall–Kier alpha value is -2.44. The Kier molecular flexibility index (Phi) is 5.36. The van der Waals surface area contributed by atoms with Crippen molar-refractivity contribution in [2.45, 2.75) is 30.7 Å². The largest absolute Gasteiger partial charge is 0.277 e. The van der Waals surface area contributed by atoms with E-state index in [9.17, 15) is 0 Å². The summed E-state index contributed by atoms with van der Waals surface area (Å²) < 4.78 is 2.00. The standard InChI is InChI=1S/C21H20N4S2/c1-15(2)16-8-10-17(11-9-16)20-23-18(12-26-20)13-27-21-24-22-14-25(21)19-6-4-3-5-7-19/h3-12,14-15H,13H2,1-2H3. The molecule has 0 bridgehead atoms. The van der Waals surface area contributed by atoms with Crippen LogP contribution in [0.4, 0.5) is 0 Å². The van der Waals surface area contributed by atoms with E-state index in [1.165, 1.54) is 11.1 Å². The molecule has 0 atom stereocenters. The van der Waals surface area contributed by atoms with E-state index in [4.69, 9.17) is 4.98 Å². The molecule has 4 rings (SSSR count). The Morgan fingerprint density at radius 2 is 1.81 bits per heavy atom. The summed E-state index contributed by atoms with van der Waals surface area (Å²) in [6.07, 6.45) is 1.75. The molecular weight excluding hydrogens is 372 g/mol. The SMILES string of the molecule is CC(C)c1ccc(-c2nc(CSc3nncn3-c3ccccc3)cs2)cc1. The highest BCUT2D eigenvalue weighted by atomic mass is 32.2. The summed E-state index contributed by atoms with van der Waals surface area (Å²) in [6.45, 7) is 4.42. The third-order valence-electron chi connectivity index (χ3n) is 4.28. The molecule has 0 amide bonds. The zero-order valence-corrected chi connectivity index (χ0v) is 16.9. The molecule has 2 aromatic heterocycles. The molecule has 0 aliphatic rings. The van der Waals surface area contributed by atoms with E-state index >= 15 is 0 Å². The van der Waals surface area contributed by atoms with Crippen molar-refractivity contribution in [2.75, 3.05) is 0 Å². The third kappa shape index (κ3) is 4.12. The molecule has 0 saturated heterocycles. The number of aromatic nitrogens is 4. The van der Waals surface area contributed by atoms with Crippen LogP contribution in [0.2, 0.25) is 0 Å². The summed E-state index contributed by atoms with van der Waals surface area (Å²) in [5.74, 6) is 1.32. The van der Waals surface area contributed by atoms with Crippen molar-refractivity contribution in [1.82, 2.24) is 19.7 Å². The predicted molar refractivity (Wildman–Crippen MR) is 113 cm³/mol. The van der Waals surface area contributed by atoms with E-state index in [1.54, 1.807) is 29.4 Å². The van der Waals surface area contributed by atoms with Crippen molar-refractivity contribution in [3.63, 3.8) is 0 Å². The fourth-order valence-corrected chi connectivity index (χ4v) is 4.50. The van der Waals surface area contributed by atoms with Gasteiger partial charge in [-0.05, 0) is 23.6 Å². The van der Waals surface area contributed by atoms with E-state index in [0.717, 1.165) is 27.3 Å². The molecule has 2 heterocycles. The summed E-state index contributed by atoms with van der Waals surface area (Å²) in [7, 11) is 0. The monoisotopic (exact) mass is 392 g/mol. The molecule has 0 aliphatic heterocycles. The lowest BCUT2D eigenvalue weighted by Crippen LogP contribution is -1.95. The lowest BCUT2D eigenvalue weighted by molar-refractivity contribution is 0.867. The molecule has 0 fully saturated rings. The van der Waals surface area contributed by atoms with Crippen LogP contribution in [-0.4, -0.2) is 19.7 Å². The topological polar surface area (TPSA) is 43.6 Å². The first-order valence-corrected chi connectivity index (χ1v) is 10.7. The lowest BCUT2D eigenvalue weighted by atomic mass is 10.0. The van der Waals surface area contributed by atoms with Crippen LogP contribution in [0.15, 0.2) is 71.5 Å². The normalized spacial score (nSPS) is 11.2. The molecule has 0 spiro atoms. The highest BCUT2D eigenvalue weighted by molar-refractivity contribution is 7.98. The molecule has 0 aliphatic carbocycles.